The van der Waals surface area contributed by atoms with E-state index in [1.54, 1.807) is 0 Å². The zero-order chi connectivity index (χ0) is 14.1. The average molecular weight is 280 g/mol. The monoisotopic (exact) mass is 280 g/mol. The van der Waals surface area contributed by atoms with E-state index in [1.165, 1.54) is 17.7 Å². The highest BCUT2D eigenvalue weighted by molar-refractivity contribution is 7.09. The summed E-state index contributed by atoms with van der Waals surface area (Å²) < 4.78 is 0. The first-order valence-electron chi connectivity index (χ1n) is 7.33. The lowest BCUT2D eigenvalue weighted by molar-refractivity contribution is 0.0872. The van der Waals surface area contributed by atoms with Gasteiger partial charge in [0.1, 0.15) is 0 Å². The van der Waals surface area contributed by atoms with Gasteiger partial charge in [-0.15, -0.1) is 11.3 Å². The lowest BCUT2D eigenvalue weighted by Gasteiger charge is -2.42. The summed E-state index contributed by atoms with van der Waals surface area (Å²) in [5.41, 5.74) is 6.81. The van der Waals surface area contributed by atoms with Crippen molar-refractivity contribution >= 4 is 11.3 Å². The Balaban J connectivity index is 2.04. The second kappa shape index (κ2) is 5.55. The number of likely N-dealkylation sites (N-methyl/N-ethyl adjacent to an activating group) is 1. The van der Waals surface area contributed by atoms with E-state index in [0.717, 1.165) is 19.5 Å². The topological polar surface area (TPSA) is 29.3 Å². The van der Waals surface area contributed by atoms with E-state index < -0.39 is 0 Å². The van der Waals surface area contributed by atoms with E-state index >= 15 is 0 Å². The highest BCUT2D eigenvalue weighted by atomic mass is 32.1. The van der Waals surface area contributed by atoms with Gasteiger partial charge in [-0.3, -0.25) is 4.90 Å². The predicted octanol–water partition coefficient (Wildman–Crippen LogP) is 3.38. The minimum absolute atomic E-state index is 0.195. The molecular weight excluding hydrogens is 252 g/mol. The van der Waals surface area contributed by atoms with Crippen LogP contribution < -0.4 is 5.73 Å². The van der Waals surface area contributed by atoms with Gasteiger partial charge < -0.3 is 5.73 Å². The van der Waals surface area contributed by atoms with Crippen molar-refractivity contribution in [2.45, 2.75) is 45.6 Å². The molecule has 1 aromatic rings. The third kappa shape index (κ3) is 3.04. The number of nitrogens with two attached hydrogens (primary N) is 1. The Labute approximate surface area is 122 Å². The van der Waals surface area contributed by atoms with E-state index in [0.29, 0.717) is 11.3 Å². The second-order valence-corrected chi connectivity index (χ2v) is 8.04. The Morgan fingerprint density at radius 2 is 2.21 bits per heavy atom. The Kier molecular flexibility index (Phi) is 4.38. The van der Waals surface area contributed by atoms with Crippen LogP contribution in [0.3, 0.4) is 0 Å². The van der Waals surface area contributed by atoms with Gasteiger partial charge in [0.15, 0.2) is 0 Å². The fourth-order valence-electron chi connectivity index (χ4n) is 3.99. The van der Waals surface area contributed by atoms with Crippen molar-refractivity contribution < 1.29 is 0 Å². The van der Waals surface area contributed by atoms with Crippen LogP contribution in [-0.4, -0.2) is 30.6 Å². The predicted molar refractivity (Wildman–Crippen MR) is 84.6 cm³/mol. The lowest BCUT2D eigenvalue weighted by atomic mass is 9.85. The summed E-state index contributed by atoms with van der Waals surface area (Å²) in [4.78, 5) is 4.01. The zero-order valence-corrected chi connectivity index (χ0v) is 13.6. The average Bonchev–Trinajstić information content (AvgIpc) is 2.92. The maximum absolute atomic E-state index is 6.19. The Hall–Kier alpha value is -0.380. The van der Waals surface area contributed by atoms with Crippen LogP contribution in [0, 0.1) is 11.3 Å². The molecule has 1 aliphatic carbocycles. The molecule has 0 amide bonds. The third-order valence-electron chi connectivity index (χ3n) is 4.95. The fraction of sp³-hybridized carbons (Fsp3) is 0.750. The van der Waals surface area contributed by atoms with E-state index in [-0.39, 0.29) is 5.54 Å². The molecule has 108 valence electrons. The van der Waals surface area contributed by atoms with Crippen LogP contribution in [-0.2, 0) is 6.42 Å². The first kappa shape index (κ1) is 15.0. The van der Waals surface area contributed by atoms with E-state index in [4.69, 9.17) is 5.73 Å². The van der Waals surface area contributed by atoms with Crippen molar-refractivity contribution in [2.24, 2.45) is 17.1 Å². The van der Waals surface area contributed by atoms with Crippen LogP contribution in [0.15, 0.2) is 17.5 Å². The normalized spacial score (nSPS) is 30.1. The number of nitrogens with zero attached hydrogens (tertiary/aromatic N) is 1. The van der Waals surface area contributed by atoms with Crippen LogP contribution in [0.25, 0.3) is 0 Å². The van der Waals surface area contributed by atoms with Crippen molar-refractivity contribution in [1.29, 1.82) is 0 Å². The minimum Gasteiger partial charge on any atom is -0.329 e. The highest BCUT2D eigenvalue weighted by Gasteiger charge is 2.49. The second-order valence-electron chi connectivity index (χ2n) is 7.00. The molecule has 0 bridgehead atoms. The summed E-state index contributed by atoms with van der Waals surface area (Å²) in [6.07, 6.45) is 3.65. The molecule has 1 fully saturated rings. The van der Waals surface area contributed by atoms with Crippen molar-refractivity contribution in [3.63, 3.8) is 0 Å². The molecule has 2 nitrogen and oxygen atoms in total. The van der Waals surface area contributed by atoms with Crippen LogP contribution in [0.5, 0.6) is 0 Å². The molecule has 19 heavy (non-hydrogen) atoms. The van der Waals surface area contributed by atoms with Crippen molar-refractivity contribution in [2.75, 3.05) is 20.1 Å². The fourth-order valence-corrected chi connectivity index (χ4v) is 4.69. The van der Waals surface area contributed by atoms with Gasteiger partial charge in [0.25, 0.3) is 0 Å². The Bertz CT molecular complexity index is 399. The largest absolute Gasteiger partial charge is 0.329 e. The Morgan fingerprint density at radius 1 is 1.47 bits per heavy atom. The van der Waals surface area contributed by atoms with Gasteiger partial charge in [-0.05, 0) is 49.1 Å². The molecule has 1 saturated carbocycles. The van der Waals surface area contributed by atoms with Crippen molar-refractivity contribution in [1.82, 2.24) is 4.90 Å². The number of hydrogen-bond donors (Lipinski definition) is 1. The van der Waals surface area contributed by atoms with Gasteiger partial charge >= 0.3 is 0 Å². The molecule has 0 spiro atoms. The maximum Gasteiger partial charge on any atom is 0.0359 e. The third-order valence-corrected chi connectivity index (χ3v) is 5.88. The Morgan fingerprint density at radius 3 is 2.68 bits per heavy atom. The molecule has 0 saturated heterocycles. The SMILES string of the molecule is CC1CC(C)(C)CC1(CN)N(C)CCc1cccs1. The molecule has 0 aromatic carbocycles. The summed E-state index contributed by atoms with van der Waals surface area (Å²) in [6, 6.07) is 4.37. The summed E-state index contributed by atoms with van der Waals surface area (Å²) in [6.45, 7) is 9.03. The number of thiophene rings is 1. The number of rotatable bonds is 5. The molecule has 2 N–H and O–H groups in total. The van der Waals surface area contributed by atoms with Gasteiger partial charge in [-0.25, -0.2) is 0 Å². The maximum atomic E-state index is 6.19. The molecule has 0 radical (unpaired) electrons. The summed E-state index contributed by atoms with van der Waals surface area (Å²) in [5, 5.41) is 2.16. The molecule has 2 atom stereocenters. The quantitative estimate of drug-likeness (QED) is 0.896. The molecule has 1 heterocycles. The molecule has 0 aliphatic heterocycles. The number of hydrogen-bond acceptors (Lipinski definition) is 3. The standard InChI is InChI=1S/C16H28N2S/c1-13-10-15(2,3)11-16(13,12-17)18(4)8-7-14-6-5-9-19-14/h5-6,9,13H,7-8,10-12,17H2,1-4H3. The molecule has 2 unspecified atom stereocenters. The zero-order valence-electron chi connectivity index (χ0n) is 12.8. The van der Waals surface area contributed by atoms with Gasteiger partial charge in [0.2, 0.25) is 0 Å². The molecular formula is C16H28N2S. The van der Waals surface area contributed by atoms with Crippen LogP contribution in [0.1, 0.15) is 38.5 Å². The van der Waals surface area contributed by atoms with E-state index in [1.807, 2.05) is 11.3 Å². The van der Waals surface area contributed by atoms with Gasteiger partial charge in [-0.2, -0.15) is 0 Å². The first-order chi connectivity index (χ1) is 8.89. The van der Waals surface area contributed by atoms with Crippen LogP contribution in [0.4, 0.5) is 0 Å². The first-order valence-corrected chi connectivity index (χ1v) is 8.21. The van der Waals surface area contributed by atoms with Crippen molar-refractivity contribution in [3.8, 4) is 0 Å². The lowest BCUT2D eigenvalue weighted by Crippen LogP contribution is -2.54. The van der Waals surface area contributed by atoms with Crippen molar-refractivity contribution in [3.05, 3.63) is 22.4 Å². The van der Waals surface area contributed by atoms with E-state index in [9.17, 15) is 0 Å². The minimum atomic E-state index is 0.195. The molecule has 1 aliphatic rings. The van der Waals surface area contributed by atoms with E-state index in [2.05, 4.69) is 50.2 Å². The summed E-state index contributed by atoms with van der Waals surface area (Å²) in [5.74, 6) is 0.681. The summed E-state index contributed by atoms with van der Waals surface area (Å²) in [7, 11) is 2.26. The summed E-state index contributed by atoms with van der Waals surface area (Å²) >= 11 is 1.86. The smallest absolute Gasteiger partial charge is 0.0359 e. The molecule has 1 aromatic heterocycles. The van der Waals surface area contributed by atoms with Gasteiger partial charge in [0.05, 0.1) is 0 Å². The molecule has 3 heteroatoms. The van der Waals surface area contributed by atoms with Gasteiger partial charge in [-0.1, -0.05) is 26.8 Å². The molecule has 2 rings (SSSR count). The van der Waals surface area contributed by atoms with Crippen LogP contribution in [0.2, 0.25) is 0 Å². The van der Waals surface area contributed by atoms with Crippen LogP contribution >= 0.6 is 11.3 Å². The van der Waals surface area contributed by atoms with Gasteiger partial charge in [0, 0.05) is 23.5 Å². The highest BCUT2D eigenvalue weighted by Crippen LogP contribution is 2.49.